The minimum atomic E-state index is -0.329. The highest BCUT2D eigenvalue weighted by molar-refractivity contribution is 7.98. The molecular weight excluding hydrogens is 272 g/mol. The summed E-state index contributed by atoms with van der Waals surface area (Å²) in [6.45, 7) is 0. The van der Waals surface area contributed by atoms with Gasteiger partial charge in [-0.3, -0.25) is 0 Å². The molecular formula is C14H22N4OS. The molecule has 5 nitrogen and oxygen atoms in total. The third kappa shape index (κ3) is 2.40. The maximum Gasteiger partial charge on any atom is 0.162 e. The molecule has 1 aliphatic carbocycles. The smallest absolute Gasteiger partial charge is 0.162 e. The number of hydrazine groups is 1. The number of thioether (sulfide) groups is 1. The van der Waals surface area contributed by atoms with Gasteiger partial charge in [0.2, 0.25) is 0 Å². The molecule has 1 aromatic rings. The summed E-state index contributed by atoms with van der Waals surface area (Å²) < 4.78 is 5.90. The molecule has 1 aliphatic heterocycles. The zero-order valence-corrected chi connectivity index (χ0v) is 12.8. The highest BCUT2D eigenvalue weighted by atomic mass is 32.2. The molecule has 0 radical (unpaired) electrons. The third-order valence-electron chi connectivity index (χ3n) is 4.42. The first kappa shape index (κ1) is 14.1. The van der Waals surface area contributed by atoms with Crippen LogP contribution in [0.2, 0.25) is 0 Å². The molecule has 110 valence electrons. The Morgan fingerprint density at radius 3 is 2.55 bits per heavy atom. The van der Waals surface area contributed by atoms with Crippen molar-refractivity contribution in [2.45, 2.75) is 55.6 Å². The van der Waals surface area contributed by atoms with Crippen LogP contribution in [-0.4, -0.2) is 17.1 Å². The van der Waals surface area contributed by atoms with Gasteiger partial charge in [0.15, 0.2) is 5.82 Å². The van der Waals surface area contributed by atoms with Crippen molar-refractivity contribution in [1.29, 1.82) is 0 Å². The predicted octanol–water partition coefficient (Wildman–Crippen LogP) is 2.70. The Morgan fingerprint density at radius 2 is 1.90 bits per heavy atom. The van der Waals surface area contributed by atoms with Crippen LogP contribution in [0.25, 0.3) is 0 Å². The standard InChI is InChI=1S/C14H22N4OS/c1-19-14(6-4-2-3-5-7-14)13-16-11-9-20-8-10(11)12(17-13)18-15/h2-9,15H2,1H3,(H,16,17,18). The second-order valence-electron chi connectivity index (χ2n) is 5.57. The van der Waals surface area contributed by atoms with E-state index in [0.717, 1.165) is 47.2 Å². The number of nitrogen functional groups attached to an aromatic ring is 1. The minimum Gasteiger partial charge on any atom is -0.370 e. The zero-order chi connectivity index (χ0) is 14.0. The van der Waals surface area contributed by atoms with Crippen molar-refractivity contribution in [2.24, 2.45) is 5.84 Å². The molecule has 3 rings (SSSR count). The number of nitrogens with two attached hydrogens (primary N) is 1. The van der Waals surface area contributed by atoms with Crippen molar-refractivity contribution in [3.63, 3.8) is 0 Å². The van der Waals surface area contributed by atoms with Crippen LogP contribution >= 0.6 is 11.8 Å². The molecule has 0 atom stereocenters. The van der Waals surface area contributed by atoms with Crippen LogP contribution in [0, 0.1) is 0 Å². The summed E-state index contributed by atoms with van der Waals surface area (Å²) in [5.41, 5.74) is 4.69. The Labute approximate surface area is 124 Å². The summed E-state index contributed by atoms with van der Waals surface area (Å²) in [6, 6.07) is 0. The van der Waals surface area contributed by atoms with E-state index in [9.17, 15) is 0 Å². The first-order valence-corrected chi connectivity index (χ1v) is 8.44. The number of rotatable bonds is 3. The second-order valence-corrected chi connectivity index (χ2v) is 6.56. The number of nitrogens with one attached hydrogen (secondary N) is 1. The summed E-state index contributed by atoms with van der Waals surface area (Å²) in [6.07, 6.45) is 6.89. The molecule has 0 bridgehead atoms. The van der Waals surface area contributed by atoms with Gasteiger partial charge in [-0.2, -0.15) is 11.8 Å². The number of anilines is 1. The summed E-state index contributed by atoms with van der Waals surface area (Å²) in [5.74, 6) is 9.12. The van der Waals surface area contributed by atoms with Gasteiger partial charge in [0.25, 0.3) is 0 Å². The summed E-state index contributed by atoms with van der Waals surface area (Å²) in [4.78, 5) is 9.50. The molecule has 1 saturated carbocycles. The van der Waals surface area contributed by atoms with Crippen molar-refractivity contribution in [3.05, 3.63) is 17.1 Å². The zero-order valence-electron chi connectivity index (χ0n) is 11.9. The van der Waals surface area contributed by atoms with Crippen LogP contribution in [0.5, 0.6) is 0 Å². The number of hydrogen-bond acceptors (Lipinski definition) is 6. The van der Waals surface area contributed by atoms with Crippen LogP contribution in [0.15, 0.2) is 0 Å². The van der Waals surface area contributed by atoms with Crippen LogP contribution in [0.3, 0.4) is 0 Å². The summed E-state index contributed by atoms with van der Waals surface area (Å²) in [7, 11) is 1.78. The van der Waals surface area contributed by atoms with E-state index in [-0.39, 0.29) is 5.60 Å². The van der Waals surface area contributed by atoms with Crippen molar-refractivity contribution >= 4 is 17.6 Å². The van der Waals surface area contributed by atoms with Crippen molar-refractivity contribution < 1.29 is 4.74 Å². The Morgan fingerprint density at radius 1 is 1.15 bits per heavy atom. The lowest BCUT2D eigenvalue weighted by atomic mass is 9.92. The van der Waals surface area contributed by atoms with Gasteiger partial charge < -0.3 is 10.2 Å². The number of fused-ring (bicyclic) bond motifs is 1. The Kier molecular flexibility index (Phi) is 4.14. The molecule has 2 heterocycles. The lowest BCUT2D eigenvalue weighted by Gasteiger charge is -2.30. The average Bonchev–Trinajstić information content (AvgIpc) is 2.82. The molecule has 0 saturated heterocycles. The van der Waals surface area contributed by atoms with Gasteiger partial charge in [-0.25, -0.2) is 15.8 Å². The second kappa shape index (κ2) is 5.87. The van der Waals surface area contributed by atoms with Gasteiger partial charge in [0.1, 0.15) is 11.4 Å². The van der Waals surface area contributed by atoms with Crippen molar-refractivity contribution in [2.75, 3.05) is 12.5 Å². The minimum absolute atomic E-state index is 0.329. The van der Waals surface area contributed by atoms with Crippen LogP contribution in [-0.2, 0) is 21.8 Å². The maximum absolute atomic E-state index is 5.90. The Bertz CT molecular complexity index is 486. The van der Waals surface area contributed by atoms with E-state index in [4.69, 9.17) is 15.6 Å². The molecule has 3 N–H and O–H groups in total. The van der Waals surface area contributed by atoms with Crippen LogP contribution in [0.1, 0.15) is 55.6 Å². The van der Waals surface area contributed by atoms with Crippen molar-refractivity contribution in [1.82, 2.24) is 9.97 Å². The van der Waals surface area contributed by atoms with Gasteiger partial charge in [0.05, 0.1) is 5.69 Å². The number of hydrogen-bond donors (Lipinski definition) is 2. The van der Waals surface area contributed by atoms with E-state index in [2.05, 4.69) is 10.4 Å². The molecule has 0 spiro atoms. The molecule has 20 heavy (non-hydrogen) atoms. The van der Waals surface area contributed by atoms with Crippen molar-refractivity contribution in [3.8, 4) is 0 Å². The number of aromatic nitrogens is 2. The normalized spacial score (nSPS) is 21.3. The molecule has 2 aliphatic rings. The highest BCUT2D eigenvalue weighted by Gasteiger charge is 2.37. The van der Waals surface area contributed by atoms with Crippen LogP contribution < -0.4 is 11.3 Å². The van der Waals surface area contributed by atoms with Gasteiger partial charge in [0, 0.05) is 24.2 Å². The lowest BCUT2D eigenvalue weighted by Crippen LogP contribution is -2.31. The average molecular weight is 294 g/mol. The van der Waals surface area contributed by atoms with E-state index in [1.807, 2.05) is 11.8 Å². The SMILES string of the molecule is COC1(c2nc3c(c(NN)n2)CSC3)CCCCCC1. The topological polar surface area (TPSA) is 73.1 Å². The number of methoxy groups -OCH3 is 1. The van der Waals surface area contributed by atoms with E-state index in [0.29, 0.717) is 0 Å². The third-order valence-corrected chi connectivity index (χ3v) is 5.39. The van der Waals surface area contributed by atoms with Gasteiger partial charge in [-0.15, -0.1) is 0 Å². The van der Waals surface area contributed by atoms with Gasteiger partial charge in [-0.1, -0.05) is 25.7 Å². The number of nitrogens with zero attached hydrogens (tertiary/aromatic N) is 2. The summed E-state index contributed by atoms with van der Waals surface area (Å²) >= 11 is 1.86. The fraction of sp³-hybridized carbons (Fsp3) is 0.714. The first-order chi connectivity index (χ1) is 9.79. The molecule has 1 fully saturated rings. The van der Waals surface area contributed by atoms with Crippen LogP contribution in [0.4, 0.5) is 5.82 Å². The Hall–Kier alpha value is -0.850. The quantitative estimate of drug-likeness (QED) is 0.507. The van der Waals surface area contributed by atoms with Gasteiger partial charge in [-0.05, 0) is 12.8 Å². The fourth-order valence-corrected chi connectivity index (χ4v) is 4.23. The largest absolute Gasteiger partial charge is 0.370 e. The van der Waals surface area contributed by atoms with Gasteiger partial charge >= 0.3 is 0 Å². The van der Waals surface area contributed by atoms with E-state index in [1.54, 1.807) is 7.11 Å². The summed E-state index contributed by atoms with van der Waals surface area (Å²) in [5, 5.41) is 0. The first-order valence-electron chi connectivity index (χ1n) is 7.29. The molecule has 0 unspecified atom stereocenters. The molecule has 0 amide bonds. The van der Waals surface area contributed by atoms with E-state index in [1.165, 1.54) is 25.7 Å². The van der Waals surface area contributed by atoms with E-state index < -0.39 is 0 Å². The molecule has 1 aromatic heterocycles. The van der Waals surface area contributed by atoms with E-state index >= 15 is 0 Å². The monoisotopic (exact) mass is 294 g/mol. The molecule has 0 aromatic carbocycles. The maximum atomic E-state index is 5.90. The fourth-order valence-electron chi connectivity index (χ4n) is 3.19. The highest BCUT2D eigenvalue weighted by Crippen LogP contribution is 2.40. The predicted molar refractivity (Wildman–Crippen MR) is 81.2 cm³/mol. The Balaban J connectivity index is 2.03. The lowest BCUT2D eigenvalue weighted by molar-refractivity contribution is -0.0351. The molecule has 6 heteroatoms. The number of ether oxygens (including phenoxy) is 1.